The lowest BCUT2D eigenvalue weighted by Gasteiger charge is -2.29. The summed E-state index contributed by atoms with van der Waals surface area (Å²) in [7, 11) is -1.34. The molecule has 4 nitrogen and oxygen atoms in total. The van der Waals surface area contributed by atoms with Crippen molar-refractivity contribution in [2.75, 3.05) is 5.75 Å². The zero-order chi connectivity index (χ0) is 17.5. The van der Waals surface area contributed by atoms with Gasteiger partial charge in [-0.3, -0.25) is 9.00 Å². The number of ether oxygens (including phenoxy) is 1. The zero-order valence-corrected chi connectivity index (χ0v) is 14.5. The van der Waals surface area contributed by atoms with Crippen LogP contribution in [0.25, 0.3) is 0 Å². The van der Waals surface area contributed by atoms with E-state index in [4.69, 9.17) is 0 Å². The third-order valence-corrected chi connectivity index (χ3v) is 5.47. The van der Waals surface area contributed by atoms with Crippen LogP contribution in [-0.2, 0) is 21.3 Å². The van der Waals surface area contributed by atoms with Crippen molar-refractivity contribution in [3.63, 3.8) is 0 Å². The largest absolute Gasteiger partial charge is 0.435 e. The number of hydrogen-bond donors (Lipinski definition) is 1. The molecule has 1 aromatic rings. The van der Waals surface area contributed by atoms with Crippen molar-refractivity contribution in [2.45, 2.75) is 51.0 Å². The average Bonchev–Trinajstić information content (AvgIpc) is 2.51. The molecule has 1 saturated carbocycles. The van der Waals surface area contributed by atoms with Crippen molar-refractivity contribution in [3.05, 3.63) is 29.8 Å². The molecule has 1 aliphatic rings. The molecule has 0 spiro atoms. The number of benzene rings is 1. The van der Waals surface area contributed by atoms with Gasteiger partial charge in [-0.05, 0) is 36.5 Å². The first kappa shape index (κ1) is 18.8. The molecule has 1 aliphatic carbocycles. The summed E-state index contributed by atoms with van der Waals surface area (Å²) in [4.78, 5) is 12.0. The van der Waals surface area contributed by atoms with Gasteiger partial charge in [0.15, 0.2) is 0 Å². The number of hydrogen-bond acceptors (Lipinski definition) is 3. The lowest BCUT2D eigenvalue weighted by Crippen LogP contribution is -2.42. The fraction of sp³-hybridized carbons (Fsp3) is 0.588. The van der Waals surface area contributed by atoms with E-state index in [1.54, 1.807) is 12.1 Å². The smallest absolute Gasteiger partial charge is 0.387 e. The summed E-state index contributed by atoms with van der Waals surface area (Å²) < 4.78 is 40.5. The van der Waals surface area contributed by atoms with E-state index < -0.39 is 17.4 Å². The van der Waals surface area contributed by atoms with Gasteiger partial charge in [-0.25, -0.2) is 0 Å². The second kappa shape index (κ2) is 9.11. The Morgan fingerprint density at radius 1 is 1.29 bits per heavy atom. The maximum atomic E-state index is 12.1. The number of carbonyl (C=O) groups excluding carboxylic acids is 1. The summed E-state index contributed by atoms with van der Waals surface area (Å²) in [6.45, 7) is -0.736. The lowest BCUT2D eigenvalue weighted by atomic mass is 9.86. The molecule has 1 N–H and O–H groups in total. The Labute approximate surface area is 143 Å². The van der Waals surface area contributed by atoms with Gasteiger partial charge in [0.1, 0.15) is 11.5 Å². The highest BCUT2D eigenvalue weighted by Gasteiger charge is 2.23. The fourth-order valence-corrected chi connectivity index (χ4v) is 3.97. The lowest BCUT2D eigenvalue weighted by molar-refractivity contribution is -0.119. The van der Waals surface area contributed by atoms with Crippen LogP contribution in [-0.4, -0.2) is 28.5 Å². The minimum atomic E-state index is -2.86. The molecule has 3 atom stereocenters. The molecule has 24 heavy (non-hydrogen) atoms. The van der Waals surface area contributed by atoms with Gasteiger partial charge in [0.25, 0.3) is 0 Å². The summed E-state index contributed by atoms with van der Waals surface area (Å²) in [5, 5.41) is 2.98. The third kappa shape index (κ3) is 6.19. The molecule has 7 heteroatoms. The first-order chi connectivity index (χ1) is 11.4. The molecule has 1 aromatic carbocycles. The predicted octanol–water partition coefficient (Wildman–Crippen LogP) is 3.23. The van der Waals surface area contributed by atoms with Crippen LogP contribution in [0.3, 0.4) is 0 Å². The van der Waals surface area contributed by atoms with Gasteiger partial charge in [-0.15, -0.1) is 0 Å². The van der Waals surface area contributed by atoms with Crippen molar-refractivity contribution in [1.82, 2.24) is 5.32 Å². The van der Waals surface area contributed by atoms with Crippen LogP contribution in [0.1, 0.15) is 38.2 Å². The Bertz CT molecular complexity index is 565. The Balaban J connectivity index is 1.78. The Hall–Kier alpha value is -1.50. The topological polar surface area (TPSA) is 55.4 Å². The SMILES string of the molecule is C[C@H]1CCCC[C@@H]1NC(=O)C[S@](=O)Cc1ccc(OC(F)F)cc1. The van der Waals surface area contributed by atoms with Crippen LogP contribution >= 0.6 is 0 Å². The summed E-state index contributed by atoms with van der Waals surface area (Å²) in [6.07, 6.45) is 4.41. The van der Waals surface area contributed by atoms with Gasteiger partial charge in [-0.2, -0.15) is 8.78 Å². The minimum Gasteiger partial charge on any atom is -0.435 e. The van der Waals surface area contributed by atoms with Crippen molar-refractivity contribution in [3.8, 4) is 5.75 Å². The molecule has 0 aromatic heterocycles. The standard InChI is InChI=1S/C17H23F2NO3S/c1-12-4-2-3-5-15(12)20-16(21)11-24(22)10-13-6-8-14(9-7-13)23-17(18)19/h6-9,12,15,17H,2-5,10-11H2,1H3,(H,20,21)/t12-,15-,24+/m0/s1. The molecule has 0 heterocycles. The van der Waals surface area contributed by atoms with Crippen molar-refractivity contribution < 1.29 is 22.5 Å². The predicted molar refractivity (Wildman–Crippen MR) is 89.4 cm³/mol. The van der Waals surface area contributed by atoms with Gasteiger partial charge >= 0.3 is 6.61 Å². The highest BCUT2D eigenvalue weighted by Crippen LogP contribution is 2.23. The molecular formula is C17H23F2NO3S. The number of carbonyl (C=O) groups is 1. The van der Waals surface area contributed by atoms with Crippen LogP contribution in [0.5, 0.6) is 5.75 Å². The Morgan fingerprint density at radius 3 is 2.58 bits per heavy atom. The van der Waals surface area contributed by atoms with Crippen LogP contribution in [0, 0.1) is 5.92 Å². The number of amides is 1. The first-order valence-electron chi connectivity index (χ1n) is 8.12. The molecule has 1 amide bonds. The van der Waals surface area contributed by atoms with Crippen LogP contribution in [0.15, 0.2) is 24.3 Å². The van der Waals surface area contributed by atoms with E-state index in [1.807, 2.05) is 0 Å². The maximum absolute atomic E-state index is 12.1. The van der Waals surface area contributed by atoms with E-state index in [-0.39, 0.29) is 29.2 Å². The molecule has 134 valence electrons. The van der Waals surface area contributed by atoms with Crippen molar-refractivity contribution in [1.29, 1.82) is 0 Å². The molecule has 0 bridgehead atoms. The molecule has 0 radical (unpaired) electrons. The molecule has 2 rings (SSSR count). The highest BCUT2D eigenvalue weighted by molar-refractivity contribution is 7.84. The van der Waals surface area contributed by atoms with Crippen molar-refractivity contribution in [2.24, 2.45) is 5.92 Å². The molecule has 1 fully saturated rings. The van der Waals surface area contributed by atoms with Crippen LogP contribution < -0.4 is 10.1 Å². The van der Waals surface area contributed by atoms with Crippen LogP contribution in [0.2, 0.25) is 0 Å². The van der Waals surface area contributed by atoms with E-state index in [0.717, 1.165) is 19.3 Å². The number of nitrogens with one attached hydrogen (secondary N) is 1. The minimum absolute atomic E-state index is 0.0431. The zero-order valence-electron chi connectivity index (χ0n) is 13.7. The number of rotatable bonds is 7. The van der Waals surface area contributed by atoms with E-state index in [9.17, 15) is 17.8 Å². The van der Waals surface area contributed by atoms with Crippen molar-refractivity contribution >= 4 is 16.7 Å². The Kier molecular flexibility index (Phi) is 7.15. The van der Waals surface area contributed by atoms with E-state index in [2.05, 4.69) is 17.0 Å². The highest BCUT2D eigenvalue weighted by atomic mass is 32.2. The molecular weight excluding hydrogens is 336 g/mol. The summed E-state index contributed by atoms with van der Waals surface area (Å²) in [6, 6.07) is 6.15. The summed E-state index contributed by atoms with van der Waals surface area (Å²) >= 11 is 0. The van der Waals surface area contributed by atoms with Crippen LogP contribution in [0.4, 0.5) is 8.78 Å². The normalized spacial score (nSPS) is 22.2. The molecule has 0 unspecified atom stereocenters. The van der Waals surface area contributed by atoms with Gasteiger partial charge in [0.05, 0.1) is 0 Å². The van der Waals surface area contributed by atoms with E-state index in [0.29, 0.717) is 11.5 Å². The van der Waals surface area contributed by atoms with Gasteiger partial charge in [-0.1, -0.05) is 31.9 Å². The van der Waals surface area contributed by atoms with E-state index >= 15 is 0 Å². The van der Waals surface area contributed by atoms with Gasteiger partial charge < -0.3 is 10.1 Å². The number of halogens is 2. The molecule has 0 saturated heterocycles. The second-order valence-corrected chi connectivity index (χ2v) is 7.64. The number of alkyl halides is 2. The molecule has 0 aliphatic heterocycles. The summed E-state index contributed by atoms with van der Waals surface area (Å²) in [5.41, 5.74) is 0.716. The first-order valence-corrected chi connectivity index (χ1v) is 9.61. The monoisotopic (exact) mass is 359 g/mol. The maximum Gasteiger partial charge on any atom is 0.387 e. The van der Waals surface area contributed by atoms with Gasteiger partial charge in [0.2, 0.25) is 5.91 Å². The Morgan fingerprint density at radius 2 is 1.96 bits per heavy atom. The van der Waals surface area contributed by atoms with E-state index in [1.165, 1.54) is 18.6 Å². The fourth-order valence-electron chi connectivity index (χ4n) is 2.93. The third-order valence-electron chi connectivity index (χ3n) is 4.23. The average molecular weight is 359 g/mol. The quantitative estimate of drug-likeness (QED) is 0.813. The second-order valence-electron chi connectivity index (χ2n) is 6.19. The van der Waals surface area contributed by atoms with Gasteiger partial charge in [0, 0.05) is 22.6 Å². The summed E-state index contributed by atoms with van der Waals surface area (Å²) in [5.74, 6) is 0.494.